The van der Waals surface area contributed by atoms with Gasteiger partial charge in [-0.15, -0.1) is 0 Å². The van der Waals surface area contributed by atoms with Crippen LogP contribution in [0.15, 0.2) is 41.2 Å². The Bertz CT molecular complexity index is 1460. The number of carbonyl (C=O) groups is 2. The van der Waals surface area contributed by atoms with E-state index < -0.39 is 6.09 Å². The molecule has 2 aromatic carbocycles. The number of piperazine rings is 1. The molecule has 2 aliphatic rings. The van der Waals surface area contributed by atoms with Crippen molar-refractivity contribution in [3.63, 3.8) is 0 Å². The predicted octanol–water partition coefficient (Wildman–Crippen LogP) is 4.40. The SMILES string of the molecule is CN1CCN(C(=O)CCN(C(=O)Oc2ccc(Cl)cc2-c2nc3ccc(Cl)cc3c(=O)[nH]2)[C@H]2CCS[Se]C2)CC1. The Morgan fingerprint density at radius 2 is 1.90 bits per heavy atom. The van der Waals surface area contributed by atoms with E-state index in [9.17, 15) is 14.4 Å². The van der Waals surface area contributed by atoms with Crippen molar-refractivity contribution < 1.29 is 14.3 Å². The molecule has 1 aromatic heterocycles. The second-order valence-electron chi connectivity index (χ2n) is 9.76. The average molecular weight is 669 g/mol. The molecule has 2 aliphatic heterocycles. The van der Waals surface area contributed by atoms with Crippen molar-refractivity contribution in [2.75, 3.05) is 45.5 Å². The number of rotatable bonds is 6. The summed E-state index contributed by atoms with van der Waals surface area (Å²) in [7, 11) is 3.97. The van der Waals surface area contributed by atoms with E-state index in [1.165, 1.54) is 0 Å². The van der Waals surface area contributed by atoms with E-state index in [-0.39, 0.29) is 42.0 Å². The van der Waals surface area contributed by atoms with Crippen molar-refractivity contribution in [1.82, 2.24) is 24.7 Å². The van der Waals surface area contributed by atoms with Crippen LogP contribution in [0.3, 0.4) is 0 Å². The number of halogens is 2. The van der Waals surface area contributed by atoms with Crippen LogP contribution in [-0.2, 0) is 4.79 Å². The summed E-state index contributed by atoms with van der Waals surface area (Å²) in [6.07, 6.45) is 0.558. The number of carbonyl (C=O) groups excluding carboxylic acids is 2. The number of H-pyrrole nitrogens is 1. The quantitative estimate of drug-likeness (QED) is 0.389. The first kappa shape index (κ1) is 29.2. The molecule has 0 saturated carbocycles. The standard InChI is InChI=1S/C27H29Cl2N5O4SSe/c1-32-9-11-33(12-10-32)24(35)6-8-34(19-7-13-39-40-16-19)27(37)38-23-5-3-18(29)15-21(23)25-30-22-4-2-17(28)14-20(22)26(36)31-25/h2-5,14-15,19H,6-13,16H2,1H3,(H,30,31,36)/t19-/m0/s1. The van der Waals surface area contributed by atoms with E-state index in [0.29, 0.717) is 53.4 Å². The summed E-state index contributed by atoms with van der Waals surface area (Å²) in [5, 5.41) is 2.07. The van der Waals surface area contributed by atoms with Gasteiger partial charge in [0.25, 0.3) is 0 Å². The van der Waals surface area contributed by atoms with Gasteiger partial charge in [-0.3, -0.25) is 0 Å². The molecule has 0 spiro atoms. The van der Waals surface area contributed by atoms with Gasteiger partial charge in [-0.05, 0) is 0 Å². The van der Waals surface area contributed by atoms with Crippen LogP contribution in [0.1, 0.15) is 12.8 Å². The van der Waals surface area contributed by atoms with Crippen LogP contribution >= 0.6 is 33.4 Å². The van der Waals surface area contributed by atoms with Gasteiger partial charge in [-0.2, -0.15) is 0 Å². The predicted molar refractivity (Wildman–Crippen MR) is 161 cm³/mol. The summed E-state index contributed by atoms with van der Waals surface area (Å²) in [6, 6.07) is 9.69. The number of aromatic nitrogens is 2. The molecule has 3 heterocycles. The monoisotopic (exact) mass is 669 g/mol. The van der Waals surface area contributed by atoms with Crippen LogP contribution < -0.4 is 10.3 Å². The minimum absolute atomic E-state index is 0.00754. The second-order valence-corrected chi connectivity index (χ2v) is 15.2. The summed E-state index contributed by atoms with van der Waals surface area (Å²) in [5.74, 6) is 1.46. The van der Waals surface area contributed by atoms with Gasteiger partial charge in [0.05, 0.1) is 0 Å². The third-order valence-electron chi connectivity index (χ3n) is 7.04. The first-order valence-electron chi connectivity index (χ1n) is 13.0. The van der Waals surface area contributed by atoms with Crippen LogP contribution in [0, 0.1) is 0 Å². The number of hydrogen-bond acceptors (Lipinski definition) is 7. The van der Waals surface area contributed by atoms with Gasteiger partial charge < -0.3 is 0 Å². The third-order valence-corrected chi connectivity index (χ3v) is 12.0. The Kier molecular flexibility index (Phi) is 9.60. The van der Waals surface area contributed by atoms with Crippen LogP contribution in [0.2, 0.25) is 15.4 Å². The summed E-state index contributed by atoms with van der Waals surface area (Å²) in [5.41, 5.74) is 0.462. The van der Waals surface area contributed by atoms with Gasteiger partial charge >= 0.3 is 236 Å². The molecule has 2 amide bonds. The molecule has 0 bridgehead atoms. The third kappa shape index (κ3) is 6.95. The fourth-order valence-corrected chi connectivity index (χ4v) is 9.47. The van der Waals surface area contributed by atoms with Crippen molar-refractivity contribution in [3.8, 4) is 17.1 Å². The Labute approximate surface area is 251 Å². The second kappa shape index (κ2) is 13.1. The topological polar surface area (TPSA) is 98.8 Å². The summed E-state index contributed by atoms with van der Waals surface area (Å²) in [4.78, 5) is 52.6. The van der Waals surface area contributed by atoms with Gasteiger partial charge in [0, 0.05) is 5.02 Å². The molecule has 1 atom stereocenters. The van der Waals surface area contributed by atoms with Crippen molar-refractivity contribution in [3.05, 3.63) is 56.8 Å². The van der Waals surface area contributed by atoms with E-state index in [1.54, 1.807) is 41.3 Å². The zero-order chi connectivity index (χ0) is 28.2. The normalized spacial score (nSPS) is 18.1. The van der Waals surface area contributed by atoms with E-state index in [1.807, 2.05) is 22.1 Å². The van der Waals surface area contributed by atoms with Crippen LogP contribution in [-0.4, -0.2) is 102 Å². The molecule has 5 rings (SSSR count). The number of nitrogens with one attached hydrogen (secondary N) is 1. The Hall–Kier alpha value is -2.27. The first-order valence-corrected chi connectivity index (χ1v) is 17.9. The minimum atomic E-state index is -0.530. The fraction of sp³-hybridized carbons (Fsp3) is 0.407. The van der Waals surface area contributed by atoms with Gasteiger partial charge in [0.2, 0.25) is 0 Å². The maximum absolute atomic E-state index is 13.7. The molecule has 1 N–H and O–H groups in total. The number of aromatic amines is 1. The van der Waals surface area contributed by atoms with Crippen LogP contribution in [0.25, 0.3) is 22.3 Å². The molecule has 0 aliphatic carbocycles. The van der Waals surface area contributed by atoms with Gasteiger partial charge in [0.1, 0.15) is 0 Å². The molecule has 2 fully saturated rings. The Morgan fingerprint density at radius 3 is 2.65 bits per heavy atom. The first-order chi connectivity index (χ1) is 19.3. The number of benzene rings is 2. The van der Waals surface area contributed by atoms with Crippen LogP contribution in [0.4, 0.5) is 4.79 Å². The van der Waals surface area contributed by atoms with Crippen LogP contribution in [0.5, 0.6) is 5.75 Å². The van der Waals surface area contributed by atoms with Gasteiger partial charge in [-0.25, -0.2) is 0 Å². The number of ether oxygens (including phenoxy) is 1. The molecular weight excluding hydrogens is 640 g/mol. The molecule has 0 radical (unpaired) electrons. The van der Waals surface area contributed by atoms with Crippen molar-refractivity contribution >= 4 is 70.1 Å². The number of hydrogen-bond donors (Lipinski definition) is 1. The number of amides is 2. The van der Waals surface area contributed by atoms with E-state index >= 15 is 0 Å². The summed E-state index contributed by atoms with van der Waals surface area (Å²) < 4.78 is 5.95. The molecule has 13 heteroatoms. The summed E-state index contributed by atoms with van der Waals surface area (Å²) >= 11 is 12.7. The Morgan fingerprint density at radius 1 is 1.15 bits per heavy atom. The van der Waals surface area contributed by atoms with Gasteiger partial charge in [-0.1, -0.05) is 11.6 Å². The average Bonchev–Trinajstić information content (AvgIpc) is 2.95. The number of likely N-dealkylation sites (N-methyl/N-ethyl adjacent to an activating group) is 1. The molecular formula is C27H29Cl2N5O4SSe. The van der Waals surface area contributed by atoms with Crippen molar-refractivity contribution in [2.45, 2.75) is 24.2 Å². The number of fused-ring (bicyclic) bond motifs is 1. The van der Waals surface area contributed by atoms with E-state index in [0.717, 1.165) is 30.6 Å². The molecule has 40 heavy (non-hydrogen) atoms. The molecule has 9 nitrogen and oxygen atoms in total. The van der Waals surface area contributed by atoms with Crippen molar-refractivity contribution in [1.29, 1.82) is 0 Å². The van der Waals surface area contributed by atoms with Crippen molar-refractivity contribution in [2.24, 2.45) is 0 Å². The van der Waals surface area contributed by atoms with E-state index in [4.69, 9.17) is 27.9 Å². The maximum atomic E-state index is 13.7. The zero-order valence-electron chi connectivity index (χ0n) is 21.9. The van der Waals surface area contributed by atoms with Gasteiger partial charge in [0.15, 0.2) is 0 Å². The molecule has 3 aromatic rings. The molecule has 0 unspecified atom stereocenters. The van der Waals surface area contributed by atoms with E-state index in [2.05, 4.69) is 14.9 Å². The zero-order valence-corrected chi connectivity index (χ0v) is 25.9. The molecule has 2 saturated heterocycles. The Balaban J connectivity index is 1.39. The summed E-state index contributed by atoms with van der Waals surface area (Å²) in [6.45, 7) is 3.36. The number of nitrogens with zero attached hydrogens (tertiary/aromatic N) is 4. The fourth-order valence-electron chi connectivity index (χ4n) is 4.72. The molecule has 212 valence electrons.